The number of carbonyl (C=O) groups excluding carboxylic acids is 2. The SMILES string of the molecule is CCC(CCCC1CO1)N1C(=O)N(CC2CO2)C(C)(C)C1=O. The Morgan fingerprint density at radius 3 is 2.41 bits per heavy atom. The fourth-order valence-corrected chi connectivity index (χ4v) is 3.20. The number of epoxide rings is 2. The Balaban J connectivity index is 1.66. The van der Waals surface area contributed by atoms with Gasteiger partial charge < -0.3 is 14.4 Å². The van der Waals surface area contributed by atoms with Crippen LogP contribution >= 0.6 is 0 Å². The molecule has 0 radical (unpaired) electrons. The average Bonchev–Trinajstić information content (AvgIpc) is 3.35. The summed E-state index contributed by atoms with van der Waals surface area (Å²) in [6.07, 6.45) is 4.18. The summed E-state index contributed by atoms with van der Waals surface area (Å²) in [6.45, 7) is 7.77. The van der Waals surface area contributed by atoms with E-state index in [0.29, 0.717) is 19.3 Å². The Bertz CT molecular complexity index is 457. The Morgan fingerprint density at radius 1 is 1.23 bits per heavy atom. The molecule has 6 nitrogen and oxygen atoms in total. The third-order valence-electron chi connectivity index (χ3n) is 4.94. The standard InChI is InChI=1S/C16H26N2O4/c1-4-11(6-5-7-12-9-21-12)18-14(19)16(2,3)17(15(18)20)8-13-10-22-13/h11-13H,4-10H2,1-3H3. The van der Waals surface area contributed by atoms with Crippen LogP contribution in [-0.2, 0) is 14.3 Å². The van der Waals surface area contributed by atoms with Crippen molar-refractivity contribution >= 4 is 11.9 Å². The molecule has 3 unspecified atom stereocenters. The Hall–Kier alpha value is -1.14. The molecule has 3 aliphatic rings. The second-order valence-corrected chi connectivity index (χ2v) is 7.03. The van der Waals surface area contributed by atoms with Crippen LogP contribution in [0.1, 0.15) is 46.5 Å². The summed E-state index contributed by atoms with van der Waals surface area (Å²) < 4.78 is 10.5. The van der Waals surface area contributed by atoms with Crippen LogP contribution in [0.25, 0.3) is 0 Å². The summed E-state index contributed by atoms with van der Waals surface area (Å²) in [4.78, 5) is 28.7. The molecule has 124 valence electrons. The quantitative estimate of drug-likeness (QED) is 0.506. The predicted octanol–water partition coefficient (Wildman–Crippen LogP) is 1.78. The lowest BCUT2D eigenvalue weighted by molar-refractivity contribution is -0.133. The van der Waals surface area contributed by atoms with Crippen LogP contribution in [0.15, 0.2) is 0 Å². The van der Waals surface area contributed by atoms with Crippen LogP contribution in [0, 0.1) is 0 Å². The van der Waals surface area contributed by atoms with Gasteiger partial charge in [0.2, 0.25) is 0 Å². The molecule has 3 rings (SSSR count). The lowest BCUT2D eigenvalue weighted by atomic mass is 10.0. The van der Waals surface area contributed by atoms with Gasteiger partial charge in [0.1, 0.15) is 5.54 Å². The number of hydrogen-bond donors (Lipinski definition) is 0. The van der Waals surface area contributed by atoms with Crippen LogP contribution in [0.3, 0.4) is 0 Å². The molecular formula is C16H26N2O4. The van der Waals surface area contributed by atoms with E-state index < -0.39 is 5.54 Å². The van der Waals surface area contributed by atoms with Gasteiger partial charge in [-0.15, -0.1) is 0 Å². The zero-order valence-electron chi connectivity index (χ0n) is 13.7. The minimum atomic E-state index is -0.768. The minimum Gasteiger partial charge on any atom is -0.373 e. The molecule has 0 aliphatic carbocycles. The van der Waals surface area contributed by atoms with E-state index >= 15 is 0 Å². The van der Waals surface area contributed by atoms with E-state index in [1.807, 2.05) is 20.8 Å². The van der Waals surface area contributed by atoms with Gasteiger partial charge in [-0.3, -0.25) is 9.69 Å². The first-order valence-corrected chi connectivity index (χ1v) is 8.33. The second kappa shape index (κ2) is 5.81. The van der Waals surface area contributed by atoms with Crippen molar-refractivity contribution in [2.45, 2.75) is 70.2 Å². The third-order valence-corrected chi connectivity index (χ3v) is 4.94. The van der Waals surface area contributed by atoms with Gasteiger partial charge in [-0.25, -0.2) is 4.79 Å². The van der Waals surface area contributed by atoms with Crippen molar-refractivity contribution in [2.24, 2.45) is 0 Å². The van der Waals surface area contributed by atoms with Gasteiger partial charge in [0, 0.05) is 6.04 Å². The van der Waals surface area contributed by atoms with E-state index in [1.165, 1.54) is 4.90 Å². The maximum absolute atomic E-state index is 12.8. The molecule has 0 bridgehead atoms. The first-order valence-electron chi connectivity index (χ1n) is 8.33. The summed E-state index contributed by atoms with van der Waals surface area (Å²) in [5, 5.41) is 0. The Labute approximate surface area is 131 Å². The summed E-state index contributed by atoms with van der Waals surface area (Å²) >= 11 is 0. The largest absolute Gasteiger partial charge is 0.373 e. The molecule has 0 N–H and O–H groups in total. The van der Waals surface area contributed by atoms with E-state index in [1.54, 1.807) is 4.90 Å². The molecule has 0 aromatic heterocycles. The van der Waals surface area contributed by atoms with Gasteiger partial charge in [-0.1, -0.05) is 6.92 Å². The zero-order chi connectivity index (χ0) is 15.9. The fraction of sp³-hybridized carbons (Fsp3) is 0.875. The van der Waals surface area contributed by atoms with Crippen LogP contribution in [-0.4, -0.2) is 65.3 Å². The number of ether oxygens (including phenoxy) is 2. The van der Waals surface area contributed by atoms with Crippen molar-refractivity contribution in [1.82, 2.24) is 9.80 Å². The molecular weight excluding hydrogens is 284 g/mol. The normalized spacial score (nSPS) is 30.9. The van der Waals surface area contributed by atoms with E-state index in [-0.39, 0.29) is 24.1 Å². The number of hydrogen-bond acceptors (Lipinski definition) is 4. The fourth-order valence-electron chi connectivity index (χ4n) is 3.20. The predicted molar refractivity (Wildman–Crippen MR) is 80.4 cm³/mol. The highest BCUT2D eigenvalue weighted by Crippen LogP contribution is 2.33. The Morgan fingerprint density at radius 2 is 1.86 bits per heavy atom. The van der Waals surface area contributed by atoms with Crippen molar-refractivity contribution in [1.29, 1.82) is 0 Å². The van der Waals surface area contributed by atoms with Gasteiger partial charge >= 0.3 is 6.03 Å². The first-order chi connectivity index (χ1) is 10.4. The maximum Gasteiger partial charge on any atom is 0.328 e. The van der Waals surface area contributed by atoms with Crippen molar-refractivity contribution < 1.29 is 19.1 Å². The summed E-state index contributed by atoms with van der Waals surface area (Å²) in [5.74, 6) is -0.0762. The van der Waals surface area contributed by atoms with Crippen LogP contribution in [0.4, 0.5) is 4.79 Å². The topological polar surface area (TPSA) is 65.7 Å². The molecule has 22 heavy (non-hydrogen) atoms. The number of rotatable bonds is 8. The molecule has 0 saturated carbocycles. The highest BCUT2D eigenvalue weighted by molar-refractivity contribution is 6.06. The van der Waals surface area contributed by atoms with E-state index in [9.17, 15) is 9.59 Å². The summed E-state index contributed by atoms with van der Waals surface area (Å²) in [6, 6.07) is -0.164. The maximum atomic E-state index is 12.8. The molecule has 0 aromatic rings. The molecule has 3 aliphatic heterocycles. The number of amides is 3. The van der Waals surface area contributed by atoms with E-state index in [4.69, 9.17) is 9.47 Å². The van der Waals surface area contributed by atoms with Crippen molar-refractivity contribution in [2.75, 3.05) is 19.8 Å². The van der Waals surface area contributed by atoms with Crippen LogP contribution in [0.5, 0.6) is 0 Å². The molecule has 0 aromatic carbocycles. The van der Waals surface area contributed by atoms with Gasteiger partial charge in [-0.05, 0) is 39.5 Å². The lowest BCUT2D eigenvalue weighted by Crippen LogP contribution is -2.46. The monoisotopic (exact) mass is 310 g/mol. The third kappa shape index (κ3) is 2.99. The van der Waals surface area contributed by atoms with Crippen LogP contribution in [0.2, 0.25) is 0 Å². The Kier molecular flexibility index (Phi) is 4.16. The number of urea groups is 1. The second-order valence-electron chi connectivity index (χ2n) is 7.03. The average molecular weight is 310 g/mol. The van der Waals surface area contributed by atoms with Crippen LogP contribution < -0.4 is 0 Å². The summed E-state index contributed by atoms with van der Waals surface area (Å²) in [5.41, 5.74) is -0.768. The lowest BCUT2D eigenvalue weighted by Gasteiger charge is -2.26. The molecule has 3 heterocycles. The van der Waals surface area contributed by atoms with Gasteiger partial charge in [0.05, 0.1) is 32.0 Å². The highest BCUT2D eigenvalue weighted by Gasteiger charge is 2.54. The molecule has 6 heteroatoms. The van der Waals surface area contributed by atoms with Gasteiger partial charge in [0.15, 0.2) is 0 Å². The zero-order valence-corrected chi connectivity index (χ0v) is 13.7. The van der Waals surface area contributed by atoms with E-state index in [0.717, 1.165) is 32.3 Å². The number of imide groups is 1. The molecule has 0 spiro atoms. The smallest absolute Gasteiger partial charge is 0.328 e. The molecule has 3 fully saturated rings. The number of carbonyl (C=O) groups is 2. The van der Waals surface area contributed by atoms with Crippen molar-refractivity contribution in [3.63, 3.8) is 0 Å². The van der Waals surface area contributed by atoms with Crippen molar-refractivity contribution in [3.05, 3.63) is 0 Å². The minimum absolute atomic E-state index is 0.0110. The van der Waals surface area contributed by atoms with E-state index in [2.05, 4.69) is 0 Å². The van der Waals surface area contributed by atoms with Gasteiger partial charge in [-0.2, -0.15) is 0 Å². The first kappa shape index (κ1) is 15.7. The van der Waals surface area contributed by atoms with Crippen molar-refractivity contribution in [3.8, 4) is 0 Å². The molecule has 3 saturated heterocycles. The molecule has 3 atom stereocenters. The highest BCUT2D eigenvalue weighted by atomic mass is 16.6. The number of nitrogens with zero attached hydrogens (tertiary/aromatic N) is 2. The molecule has 3 amide bonds. The summed E-state index contributed by atoms with van der Waals surface area (Å²) in [7, 11) is 0. The van der Waals surface area contributed by atoms with Gasteiger partial charge in [0.25, 0.3) is 5.91 Å².